The summed E-state index contributed by atoms with van der Waals surface area (Å²) in [5.41, 5.74) is 1.30. The van der Waals surface area contributed by atoms with Crippen LogP contribution in [0.5, 0.6) is 5.75 Å². The first-order valence-corrected chi connectivity index (χ1v) is 12.8. The number of ether oxygens (including phenoxy) is 2. The Kier molecular flexibility index (Phi) is 7.17. The van der Waals surface area contributed by atoms with Gasteiger partial charge < -0.3 is 19.7 Å². The van der Waals surface area contributed by atoms with Crippen LogP contribution in [0.4, 0.5) is 17.1 Å². The molecule has 0 radical (unpaired) electrons. The van der Waals surface area contributed by atoms with Gasteiger partial charge in [-0.2, -0.15) is 0 Å². The standard InChI is InChI=1S/C23H25N3O5S2/c1-30-21-7-3-2-6-19(21)25-33(28,29)22-15-17(24-23(27)16-18-5-4-14-32-18)8-9-20(22)26-10-12-31-13-11-26/h2-9,14-15,25H,10-13,16H2,1H3,(H,24,27). The molecule has 0 aliphatic carbocycles. The van der Waals surface area contributed by atoms with Crippen LogP contribution in [0.1, 0.15) is 4.88 Å². The van der Waals surface area contributed by atoms with Crippen molar-refractivity contribution >= 4 is 44.3 Å². The fraction of sp³-hybridized carbons (Fsp3) is 0.261. The minimum absolute atomic E-state index is 0.0734. The molecule has 1 aliphatic heterocycles. The van der Waals surface area contributed by atoms with Gasteiger partial charge in [0.1, 0.15) is 10.6 Å². The lowest BCUT2D eigenvalue weighted by Gasteiger charge is -2.30. The van der Waals surface area contributed by atoms with E-state index in [4.69, 9.17) is 9.47 Å². The molecule has 174 valence electrons. The molecular formula is C23H25N3O5S2. The molecule has 0 bridgehead atoms. The summed E-state index contributed by atoms with van der Waals surface area (Å²) in [7, 11) is -2.51. The van der Waals surface area contributed by atoms with Crippen molar-refractivity contribution in [3.63, 3.8) is 0 Å². The Labute approximate surface area is 197 Å². The van der Waals surface area contributed by atoms with Gasteiger partial charge in [0.25, 0.3) is 10.0 Å². The Hall–Kier alpha value is -3.08. The Balaban J connectivity index is 1.66. The van der Waals surface area contributed by atoms with Gasteiger partial charge in [-0.05, 0) is 41.8 Å². The third-order valence-corrected chi connectivity index (χ3v) is 7.42. The lowest BCUT2D eigenvalue weighted by Crippen LogP contribution is -2.37. The molecule has 1 saturated heterocycles. The van der Waals surface area contributed by atoms with Crippen molar-refractivity contribution in [2.75, 3.05) is 48.4 Å². The molecule has 0 spiro atoms. The van der Waals surface area contributed by atoms with Crippen molar-refractivity contribution in [3.8, 4) is 5.75 Å². The summed E-state index contributed by atoms with van der Waals surface area (Å²) in [4.78, 5) is 15.5. The van der Waals surface area contributed by atoms with Gasteiger partial charge in [0.05, 0.1) is 38.1 Å². The van der Waals surface area contributed by atoms with E-state index in [2.05, 4.69) is 10.0 Å². The molecule has 4 rings (SSSR count). The number of sulfonamides is 1. The SMILES string of the molecule is COc1ccccc1NS(=O)(=O)c1cc(NC(=O)Cc2cccs2)ccc1N1CCOCC1. The number of amides is 1. The average Bonchev–Trinajstić information content (AvgIpc) is 3.32. The third kappa shape index (κ3) is 5.65. The number of anilines is 3. The fourth-order valence-electron chi connectivity index (χ4n) is 3.58. The van der Waals surface area contributed by atoms with Gasteiger partial charge in [0.15, 0.2) is 0 Å². The van der Waals surface area contributed by atoms with Gasteiger partial charge in [-0.25, -0.2) is 8.42 Å². The number of carbonyl (C=O) groups excluding carboxylic acids is 1. The molecule has 8 nitrogen and oxygen atoms in total. The molecule has 2 N–H and O–H groups in total. The van der Waals surface area contributed by atoms with E-state index in [9.17, 15) is 13.2 Å². The first-order valence-electron chi connectivity index (χ1n) is 10.4. The molecule has 1 amide bonds. The Morgan fingerprint density at radius 1 is 1.12 bits per heavy atom. The van der Waals surface area contributed by atoms with Gasteiger partial charge >= 0.3 is 0 Å². The van der Waals surface area contributed by atoms with Crippen LogP contribution < -0.4 is 19.7 Å². The van der Waals surface area contributed by atoms with Gasteiger partial charge in [0, 0.05) is 23.7 Å². The average molecular weight is 488 g/mol. The van der Waals surface area contributed by atoms with E-state index < -0.39 is 10.0 Å². The first-order chi connectivity index (χ1) is 16.0. The van der Waals surface area contributed by atoms with Gasteiger partial charge in [-0.1, -0.05) is 18.2 Å². The zero-order valence-electron chi connectivity index (χ0n) is 18.1. The summed E-state index contributed by atoms with van der Waals surface area (Å²) < 4.78 is 40.3. The monoisotopic (exact) mass is 487 g/mol. The number of benzene rings is 2. The second-order valence-corrected chi connectivity index (χ2v) is 10.1. The molecule has 3 aromatic rings. The molecule has 1 aliphatic rings. The number of nitrogens with zero attached hydrogens (tertiary/aromatic N) is 1. The molecule has 2 heterocycles. The number of rotatable bonds is 8. The summed E-state index contributed by atoms with van der Waals surface area (Å²) in [5, 5.41) is 4.73. The normalized spacial score (nSPS) is 14.0. The van der Waals surface area contributed by atoms with Crippen LogP contribution in [-0.4, -0.2) is 47.7 Å². The van der Waals surface area contributed by atoms with Crippen molar-refractivity contribution in [2.45, 2.75) is 11.3 Å². The number of morpholine rings is 1. The van der Waals surface area contributed by atoms with Crippen LogP contribution >= 0.6 is 11.3 Å². The fourth-order valence-corrected chi connectivity index (χ4v) is 5.60. The molecule has 2 aromatic carbocycles. The number of hydrogen-bond donors (Lipinski definition) is 2. The highest BCUT2D eigenvalue weighted by atomic mass is 32.2. The van der Waals surface area contributed by atoms with Crippen LogP contribution in [0.2, 0.25) is 0 Å². The number of para-hydroxylation sites is 2. The maximum atomic E-state index is 13.5. The van der Waals surface area contributed by atoms with Crippen molar-refractivity contribution in [2.24, 2.45) is 0 Å². The number of methoxy groups -OCH3 is 1. The zero-order valence-corrected chi connectivity index (χ0v) is 19.7. The van der Waals surface area contributed by atoms with Crippen molar-refractivity contribution in [3.05, 3.63) is 64.9 Å². The van der Waals surface area contributed by atoms with E-state index >= 15 is 0 Å². The summed E-state index contributed by atoms with van der Waals surface area (Å²) in [5.74, 6) is 0.201. The van der Waals surface area contributed by atoms with Crippen molar-refractivity contribution in [1.29, 1.82) is 0 Å². The summed E-state index contributed by atoms with van der Waals surface area (Å²) in [6, 6.07) is 15.5. The zero-order chi connectivity index (χ0) is 23.3. The molecule has 0 atom stereocenters. The molecule has 1 aromatic heterocycles. The van der Waals surface area contributed by atoms with E-state index in [1.54, 1.807) is 36.4 Å². The number of carbonyl (C=O) groups is 1. The first kappa shape index (κ1) is 23.1. The smallest absolute Gasteiger partial charge is 0.264 e. The maximum absolute atomic E-state index is 13.5. The predicted molar refractivity (Wildman–Crippen MR) is 130 cm³/mol. The predicted octanol–water partition coefficient (Wildman–Crippen LogP) is 3.58. The molecule has 10 heteroatoms. The van der Waals surface area contributed by atoms with E-state index in [1.807, 2.05) is 22.4 Å². The summed E-state index contributed by atoms with van der Waals surface area (Å²) >= 11 is 1.50. The highest BCUT2D eigenvalue weighted by molar-refractivity contribution is 7.93. The molecule has 0 unspecified atom stereocenters. The lowest BCUT2D eigenvalue weighted by molar-refractivity contribution is -0.115. The molecule has 0 saturated carbocycles. The number of thiophene rings is 1. The van der Waals surface area contributed by atoms with Gasteiger partial charge in [-0.15, -0.1) is 11.3 Å². The summed E-state index contributed by atoms with van der Waals surface area (Å²) in [6.45, 7) is 2.17. The number of hydrogen-bond acceptors (Lipinski definition) is 7. The minimum atomic E-state index is -4.00. The van der Waals surface area contributed by atoms with Crippen LogP contribution in [0.25, 0.3) is 0 Å². The maximum Gasteiger partial charge on any atom is 0.264 e. The van der Waals surface area contributed by atoms with Crippen LogP contribution in [0.3, 0.4) is 0 Å². The van der Waals surface area contributed by atoms with Gasteiger partial charge in [-0.3, -0.25) is 9.52 Å². The van der Waals surface area contributed by atoms with Gasteiger partial charge in [0.2, 0.25) is 5.91 Å². The second-order valence-electron chi connectivity index (χ2n) is 7.39. The van der Waals surface area contributed by atoms with Crippen LogP contribution in [0, 0.1) is 0 Å². The number of nitrogens with one attached hydrogen (secondary N) is 2. The highest BCUT2D eigenvalue weighted by Gasteiger charge is 2.25. The summed E-state index contributed by atoms with van der Waals surface area (Å²) in [6.07, 6.45) is 0.227. The second kappa shape index (κ2) is 10.2. The molecule has 33 heavy (non-hydrogen) atoms. The Morgan fingerprint density at radius 2 is 1.91 bits per heavy atom. The highest BCUT2D eigenvalue weighted by Crippen LogP contribution is 2.33. The van der Waals surface area contributed by atoms with Crippen LogP contribution in [-0.2, 0) is 26.0 Å². The quantitative estimate of drug-likeness (QED) is 0.504. The largest absolute Gasteiger partial charge is 0.495 e. The minimum Gasteiger partial charge on any atom is -0.495 e. The van der Waals surface area contributed by atoms with Crippen molar-refractivity contribution < 1.29 is 22.7 Å². The lowest BCUT2D eigenvalue weighted by atomic mass is 10.2. The van der Waals surface area contributed by atoms with E-state index in [-0.39, 0.29) is 17.2 Å². The topological polar surface area (TPSA) is 97.0 Å². The van der Waals surface area contributed by atoms with Crippen LogP contribution in [0.15, 0.2) is 64.9 Å². The van der Waals surface area contributed by atoms with E-state index in [1.165, 1.54) is 24.5 Å². The van der Waals surface area contributed by atoms with E-state index in [0.717, 1.165) is 4.88 Å². The Bertz CT molecular complexity index is 1210. The third-order valence-electron chi connectivity index (χ3n) is 5.15. The van der Waals surface area contributed by atoms with Crippen molar-refractivity contribution in [1.82, 2.24) is 0 Å². The van der Waals surface area contributed by atoms with E-state index in [0.29, 0.717) is 49.1 Å². The molecular weight excluding hydrogens is 462 g/mol. The molecule has 1 fully saturated rings. The Morgan fingerprint density at radius 3 is 2.64 bits per heavy atom.